The van der Waals surface area contributed by atoms with Gasteiger partial charge in [0.25, 0.3) is 0 Å². The summed E-state index contributed by atoms with van der Waals surface area (Å²) in [5.74, 6) is 1.01. The molecule has 3 rings (SSSR count). The molecular formula is C16H16O2. The van der Waals surface area contributed by atoms with Gasteiger partial charge in [0.1, 0.15) is 11.9 Å². The number of aliphatic hydroxyl groups excluding tert-OH is 1. The summed E-state index contributed by atoms with van der Waals surface area (Å²) in [7, 11) is 0. The first-order chi connectivity index (χ1) is 8.76. The summed E-state index contributed by atoms with van der Waals surface area (Å²) in [6.07, 6.45) is 1.27. The van der Waals surface area contributed by atoms with Gasteiger partial charge < -0.3 is 9.84 Å². The zero-order chi connectivity index (χ0) is 12.5. The average Bonchev–Trinajstić information content (AvgIpc) is 2.78. The van der Waals surface area contributed by atoms with Gasteiger partial charge in [0, 0.05) is 6.42 Å². The monoisotopic (exact) mass is 240 g/mol. The summed E-state index contributed by atoms with van der Waals surface area (Å²) in [6, 6.07) is 14.4. The number of ether oxygens (including phenoxy) is 1. The van der Waals surface area contributed by atoms with Gasteiger partial charge in [-0.05, 0) is 41.3 Å². The summed E-state index contributed by atoms with van der Waals surface area (Å²) in [5, 5.41) is 9.04. The highest BCUT2D eigenvalue weighted by molar-refractivity contribution is 5.66. The minimum atomic E-state index is 0.0931. The van der Waals surface area contributed by atoms with Crippen molar-refractivity contribution in [2.24, 2.45) is 0 Å². The standard InChI is InChI=1S/C16H16O2/c1-11-8-15-9-14(6-7-16(15)18-11)13-4-2-12(10-17)3-5-13/h2-7,9,11,17H,8,10H2,1H3. The number of hydrogen-bond acceptors (Lipinski definition) is 2. The number of aliphatic hydroxyl groups is 1. The van der Waals surface area contributed by atoms with Crippen molar-refractivity contribution in [1.29, 1.82) is 0 Å². The second-order valence-electron chi connectivity index (χ2n) is 4.81. The molecule has 18 heavy (non-hydrogen) atoms. The van der Waals surface area contributed by atoms with Crippen LogP contribution in [0.4, 0.5) is 0 Å². The highest BCUT2D eigenvalue weighted by Crippen LogP contribution is 2.32. The zero-order valence-corrected chi connectivity index (χ0v) is 10.4. The molecule has 0 amide bonds. The Balaban J connectivity index is 1.95. The van der Waals surface area contributed by atoms with Gasteiger partial charge in [-0.15, -0.1) is 0 Å². The van der Waals surface area contributed by atoms with Crippen LogP contribution in [0.2, 0.25) is 0 Å². The molecule has 1 heterocycles. The lowest BCUT2D eigenvalue weighted by Crippen LogP contribution is -2.05. The highest BCUT2D eigenvalue weighted by atomic mass is 16.5. The second-order valence-corrected chi connectivity index (χ2v) is 4.81. The van der Waals surface area contributed by atoms with Crippen LogP contribution in [0.3, 0.4) is 0 Å². The molecule has 0 spiro atoms. The Morgan fingerprint density at radius 2 is 1.83 bits per heavy atom. The van der Waals surface area contributed by atoms with E-state index in [4.69, 9.17) is 9.84 Å². The van der Waals surface area contributed by atoms with Crippen LogP contribution in [-0.4, -0.2) is 11.2 Å². The fourth-order valence-corrected chi connectivity index (χ4v) is 2.40. The first-order valence-corrected chi connectivity index (χ1v) is 6.26. The molecule has 1 unspecified atom stereocenters. The zero-order valence-electron chi connectivity index (χ0n) is 10.4. The molecule has 1 N–H and O–H groups in total. The molecule has 2 nitrogen and oxygen atoms in total. The van der Waals surface area contributed by atoms with Crippen LogP contribution in [-0.2, 0) is 13.0 Å². The third-order valence-electron chi connectivity index (χ3n) is 3.37. The van der Waals surface area contributed by atoms with Crippen molar-refractivity contribution in [3.63, 3.8) is 0 Å². The van der Waals surface area contributed by atoms with Crippen molar-refractivity contribution in [3.05, 3.63) is 53.6 Å². The molecule has 2 aromatic carbocycles. The number of benzene rings is 2. The van der Waals surface area contributed by atoms with Crippen molar-refractivity contribution >= 4 is 0 Å². The van der Waals surface area contributed by atoms with Gasteiger partial charge in [-0.25, -0.2) is 0 Å². The molecule has 0 bridgehead atoms. The van der Waals surface area contributed by atoms with Gasteiger partial charge in [-0.3, -0.25) is 0 Å². The van der Waals surface area contributed by atoms with Crippen LogP contribution >= 0.6 is 0 Å². The Hall–Kier alpha value is -1.80. The van der Waals surface area contributed by atoms with Gasteiger partial charge in [0.15, 0.2) is 0 Å². The van der Waals surface area contributed by atoms with E-state index < -0.39 is 0 Å². The molecule has 1 aliphatic heterocycles. The van der Waals surface area contributed by atoms with Gasteiger partial charge in [0.05, 0.1) is 6.61 Å². The summed E-state index contributed by atoms with van der Waals surface area (Å²) in [6.45, 7) is 2.19. The maximum absolute atomic E-state index is 9.04. The van der Waals surface area contributed by atoms with E-state index >= 15 is 0 Å². The van der Waals surface area contributed by atoms with Crippen molar-refractivity contribution < 1.29 is 9.84 Å². The van der Waals surface area contributed by atoms with E-state index in [9.17, 15) is 0 Å². The molecule has 0 aromatic heterocycles. The molecule has 2 heteroatoms. The van der Waals surface area contributed by atoms with E-state index in [1.54, 1.807) is 0 Å². The largest absolute Gasteiger partial charge is 0.490 e. The molecule has 0 radical (unpaired) electrons. The predicted octanol–water partition coefficient (Wildman–Crippen LogP) is 3.17. The molecule has 0 saturated heterocycles. The topological polar surface area (TPSA) is 29.5 Å². The van der Waals surface area contributed by atoms with Crippen molar-refractivity contribution in [1.82, 2.24) is 0 Å². The van der Waals surface area contributed by atoms with Gasteiger partial charge in [0.2, 0.25) is 0 Å². The number of fused-ring (bicyclic) bond motifs is 1. The highest BCUT2D eigenvalue weighted by Gasteiger charge is 2.18. The van der Waals surface area contributed by atoms with E-state index in [1.807, 2.05) is 30.3 Å². The Morgan fingerprint density at radius 3 is 2.56 bits per heavy atom. The number of hydrogen-bond donors (Lipinski definition) is 1. The fourth-order valence-electron chi connectivity index (χ4n) is 2.40. The van der Waals surface area contributed by atoms with Gasteiger partial charge >= 0.3 is 0 Å². The molecule has 0 saturated carbocycles. The Labute approximate surface area is 107 Å². The second kappa shape index (κ2) is 4.46. The van der Waals surface area contributed by atoms with Crippen LogP contribution in [0.25, 0.3) is 11.1 Å². The van der Waals surface area contributed by atoms with Crippen molar-refractivity contribution in [2.45, 2.75) is 26.1 Å². The lowest BCUT2D eigenvalue weighted by Gasteiger charge is -2.05. The Morgan fingerprint density at radius 1 is 1.11 bits per heavy atom. The lowest BCUT2D eigenvalue weighted by molar-refractivity contribution is 0.254. The summed E-state index contributed by atoms with van der Waals surface area (Å²) in [5.41, 5.74) is 4.61. The maximum atomic E-state index is 9.04. The molecule has 1 atom stereocenters. The van der Waals surface area contributed by atoms with Crippen LogP contribution in [0, 0.1) is 0 Å². The number of rotatable bonds is 2. The third kappa shape index (κ3) is 2.00. The fraction of sp³-hybridized carbons (Fsp3) is 0.250. The minimum Gasteiger partial charge on any atom is -0.490 e. The SMILES string of the molecule is CC1Cc2cc(-c3ccc(CO)cc3)ccc2O1. The van der Waals surface area contributed by atoms with E-state index in [0.717, 1.165) is 17.7 Å². The lowest BCUT2D eigenvalue weighted by atomic mass is 10.0. The normalized spacial score (nSPS) is 17.3. The van der Waals surface area contributed by atoms with Crippen LogP contribution in [0.15, 0.2) is 42.5 Å². The molecule has 2 aromatic rings. The van der Waals surface area contributed by atoms with Crippen molar-refractivity contribution in [2.75, 3.05) is 0 Å². The van der Waals surface area contributed by atoms with Gasteiger partial charge in [-0.2, -0.15) is 0 Å². The maximum Gasteiger partial charge on any atom is 0.123 e. The Bertz CT molecular complexity index is 558. The minimum absolute atomic E-state index is 0.0931. The first kappa shape index (κ1) is 11.3. The van der Waals surface area contributed by atoms with E-state index in [2.05, 4.69) is 19.1 Å². The van der Waals surface area contributed by atoms with E-state index in [0.29, 0.717) is 0 Å². The first-order valence-electron chi connectivity index (χ1n) is 6.26. The smallest absolute Gasteiger partial charge is 0.123 e. The third-order valence-corrected chi connectivity index (χ3v) is 3.37. The summed E-state index contributed by atoms with van der Waals surface area (Å²) in [4.78, 5) is 0. The average molecular weight is 240 g/mol. The van der Waals surface area contributed by atoms with Crippen molar-refractivity contribution in [3.8, 4) is 16.9 Å². The quantitative estimate of drug-likeness (QED) is 0.873. The predicted molar refractivity (Wildman–Crippen MR) is 71.6 cm³/mol. The van der Waals surface area contributed by atoms with Crippen LogP contribution in [0.1, 0.15) is 18.1 Å². The summed E-state index contributed by atoms with van der Waals surface area (Å²) < 4.78 is 5.70. The van der Waals surface area contributed by atoms with Crippen LogP contribution < -0.4 is 4.74 Å². The molecule has 1 aliphatic rings. The molecular weight excluding hydrogens is 224 g/mol. The van der Waals surface area contributed by atoms with E-state index in [-0.39, 0.29) is 12.7 Å². The molecule has 0 aliphatic carbocycles. The molecule has 92 valence electrons. The Kier molecular flexibility index (Phi) is 2.80. The molecule has 0 fully saturated rings. The van der Waals surface area contributed by atoms with E-state index in [1.165, 1.54) is 16.7 Å². The van der Waals surface area contributed by atoms with Crippen LogP contribution in [0.5, 0.6) is 5.75 Å². The van der Waals surface area contributed by atoms with Gasteiger partial charge in [-0.1, -0.05) is 30.3 Å². The summed E-state index contributed by atoms with van der Waals surface area (Å²) >= 11 is 0.